The number of aromatic hydroxyl groups is 1. The zero-order valence-electron chi connectivity index (χ0n) is 14.2. The molecule has 0 fully saturated rings. The number of amides is 1. The second kappa shape index (κ2) is 7.18. The molecule has 26 heavy (non-hydrogen) atoms. The van der Waals surface area contributed by atoms with Gasteiger partial charge in [0.05, 0.1) is 12.5 Å². The van der Waals surface area contributed by atoms with Gasteiger partial charge in [-0.2, -0.15) is 0 Å². The summed E-state index contributed by atoms with van der Waals surface area (Å²) >= 11 is 0. The van der Waals surface area contributed by atoms with Gasteiger partial charge in [-0.25, -0.2) is 9.59 Å². The van der Waals surface area contributed by atoms with E-state index in [1.54, 1.807) is 6.92 Å². The number of rotatable bonds is 4. The second-order valence-electron chi connectivity index (χ2n) is 5.60. The Morgan fingerprint density at radius 3 is 2.65 bits per heavy atom. The number of phenolic OH excluding ortho intramolecular Hbond substituents is 1. The number of fused-ring (bicyclic) bond motifs is 1. The summed E-state index contributed by atoms with van der Waals surface area (Å²) in [5, 5.41) is 12.7. The van der Waals surface area contributed by atoms with Crippen LogP contribution in [0.25, 0.3) is 11.0 Å². The molecule has 0 bridgehead atoms. The number of benzene rings is 2. The van der Waals surface area contributed by atoms with Crippen molar-refractivity contribution in [1.82, 2.24) is 0 Å². The molecule has 3 aromatic rings. The average molecular weight is 355 g/mol. The highest BCUT2D eigenvalue weighted by molar-refractivity contribution is 5.93. The lowest BCUT2D eigenvalue weighted by Crippen LogP contribution is -2.18. The smallest absolute Gasteiger partial charge is 0.412 e. The van der Waals surface area contributed by atoms with Crippen molar-refractivity contribution < 1.29 is 23.8 Å². The van der Waals surface area contributed by atoms with Crippen LogP contribution >= 0.6 is 0 Å². The number of phenols is 1. The number of carbonyl (C=O) groups is 1. The first kappa shape index (κ1) is 17.3. The number of aryl methyl sites for hydroxylation is 1. The fourth-order valence-electron chi connectivity index (χ4n) is 2.48. The highest BCUT2D eigenvalue weighted by Gasteiger charge is 2.16. The van der Waals surface area contributed by atoms with Gasteiger partial charge in [0.2, 0.25) is 0 Å². The van der Waals surface area contributed by atoms with Crippen LogP contribution in [0.5, 0.6) is 11.5 Å². The minimum absolute atomic E-state index is 0.0551. The molecule has 0 saturated carbocycles. The third-order valence-corrected chi connectivity index (χ3v) is 3.88. The Morgan fingerprint density at radius 2 is 1.96 bits per heavy atom. The highest BCUT2D eigenvalue weighted by atomic mass is 16.5. The minimum Gasteiger partial charge on any atom is -0.507 e. The summed E-state index contributed by atoms with van der Waals surface area (Å²) in [6.45, 7) is 1.68. The maximum absolute atomic E-state index is 12.1. The van der Waals surface area contributed by atoms with Gasteiger partial charge in [0.15, 0.2) is 0 Å². The highest BCUT2D eigenvalue weighted by Crippen LogP contribution is 2.34. The molecule has 0 spiro atoms. The van der Waals surface area contributed by atoms with Crippen molar-refractivity contribution in [2.45, 2.75) is 13.5 Å². The number of ether oxygens (including phenoxy) is 2. The molecule has 0 aliphatic rings. The number of anilines is 1. The van der Waals surface area contributed by atoms with Crippen LogP contribution in [0.1, 0.15) is 11.1 Å². The van der Waals surface area contributed by atoms with E-state index in [-0.39, 0.29) is 23.6 Å². The van der Waals surface area contributed by atoms with E-state index in [0.717, 1.165) is 5.56 Å². The fraction of sp³-hybridized carbons (Fsp3) is 0.158. The predicted molar refractivity (Wildman–Crippen MR) is 95.7 cm³/mol. The Balaban J connectivity index is 1.86. The Labute approximate surface area is 148 Å². The Bertz CT molecular complexity index is 1010. The number of carbonyl (C=O) groups excluding carboxylic acids is 1. The van der Waals surface area contributed by atoms with E-state index in [0.29, 0.717) is 16.7 Å². The molecule has 134 valence electrons. The molecule has 0 unspecified atom stereocenters. The third kappa shape index (κ3) is 3.46. The fourth-order valence-corrected chi connectivity index (χ4v) is 2.48. The first-order chi connectivity index (χ1) is 12.5. The van der Waals surface area contributed by atoms with E-state index in [2.05, 4.69) is 5.32 Å². The molecule has 7 heteroatoms. The Kier molecular flexibility index (Phi) is 4.79. The van der Waals surface area contributed by atoms with E-state index in [1.165, 1.54) is 19.2 Å². The summed E-state index contributed by atoms with van der Waals surface area (Å²) in [7, 11) is 1.43. The van der Waals surface area contributed by atoms with Gasteiger partial charge in [0.25, 0.3) is 0 Å². The van der Waals surface area contributed by atoms with Crippen LogP contribution in [0.3, 0.4) is 0 Å². The number of hydrogen-bond donors (Lipinski definition) is 2. The molecule has 0 aliphatic carbocycles. The Morgan fingerprint density at radius 1 is 1.23 bits per heavy atom. The van der Waals surface area contributed by atoms with Gasteiger partial charge in [-0.15, -0.1) is 0 Å². The van der Waals surface area contributed by atoms with Crippen LogP contribution in [0, 0.1) is 6.92 Å². The van der Waals surface area contributed by atoms with Gasteiger partial charge in [0, 0.05) is 11.6 Å². The van der Waals surface area contributed by atoms with E-state index < -0.39 is 11.7 Å². The number of methoxy groups -OCH3 is 1. The zero-order chi connectivity index (χ0) is 18.7. The molecule has 0 aliphatic heterocycles. The molecule has 2 N–H and O–H groups in total. The van der Waals surface area contributed by atoms with Crippen LogP contribution in [-0.4, -0.2) is 18.3 Å². The molecular formula is C19H17NO6. The third-order valence-electron chi connectivity index (χ3n) is 3.88. The van der Waals surface area contributed by atoms with Gasteiger partial charge >= 0.3 is 11.7 Å². The van der Waals surface area contributed by atoms with E-state index in [4.69, 9.17) is 13.9 Å². The first-order valence-electron chi connectivity index (χ1n) is 7.81. The molecule has 2 aromatic carbocycles. The van der Waals surface area contributed by atoms with Crippen LogP contribution in [0.2, 0.25) is 0 Å². The molecule has 0 saturated heterocycles. The maximum Gasteiger partial charge on any atom is 0.412 e. The monoisotopic (exact) mass is 355 g/mol. The van der Waals surface area contributed by atoms with Gasteiger partial charge in [-0.1, -0.05) is 30.3 Å². The van der Waals surface area contributed by atoms with Crippen molar-refractivity contribution in [2.24, 2.45) is 0 Å². The van der Waals surface area contributed by atoms with Crippen molar-refractivity contribution in [3.05, 3.63) is 64.0 Å². The van der Waals surface area contributed by atoms with Crippen molar-refractivity contribution in [1.29, 1.82) is 0 Å². The van der Waals surface area contributed by atoms with Gasteiger partial charge in [-0.3, -0.25) is 5.32 Å². The van der Waals surface area contributed by atoms with Gasteiger partial charge < -0.3 is 19.0 Å². The lowest BCUT2D eigenvalue weighted by molar-refractivity contribution is 0.155. The molecule has 1 aromatic heterocycles. The lowest BCUT2D eigenvalue weighted by atomic mass is 10.1. The molecule has 7 nitrogen and oxygen atoms in total. The second-order valence-corrected chi connectivity index (χ2v) is 5.60. The van der Waals surface area contributed by atoms with E-state index >= 15 is 0 Å². The summed E-state index contributed by atoms with van der Waals surface area (Å²) in [5.41, 5.74) is 0.566. The SMILES string of the molecule is COc1cc(O)c(C)c2oc(=O)c(NC(=O)OCc3ccccc3)cc12. The van der Waals surface area contributed by atoms with Crippen LogP contribution in [0.4, 0.5) is 10.5 Å². The van der Waals surface area contributed by atoms with Crippen molar-refractivity contribution >= 4 is 22.7 Å². The van der Waals surface area contributed by atoms with Gasteiger partial charge in [-0.05, 0) is 18.6 Å². The molecule has 3 rings (SSSR count). The average Bonchev–Trinajstić information content (AvgIpc) is 2.65. The van der Waals surface area contributed by atoms with Crippen molar-refractivity contribution in [3.8, 4) is 11.5 Å². The van der Waals surface area contributed by atoms with Crippen molar-refractivity contribution in [2.75, 3.05) is 12.4 Å². The normalized spacial score (nSPS) is 10.5. The summed E-state index contributed by atoms with van der Waals surface area (Å²) in [6, 6.07) is 12.0. The first-order valence-corrected chi connectivity index (χ1v) is 7.81. The standard InChI is InChI=1S/C19H17NO6/c1-11-15(21)9-16(24-2)13-8-14(18(22)26-17(11)13)20-19(23)25-10-12-6-4-3-5-7-12/h3-9,21H,10H2,1-2H3,(H,20,23). The number of hydrogen-bond acceptors (Lipinski definition) is 6. The van der Waals surface area contributed by atoms with E-state index in [9.17, 15) is 14.7 Å². The summed E-state index contributed by atoms with van der Waals surface area (Å²) in [6.07, 6.45) is -0.782. The lowest BCUT2D eigenvalue weighted by Gasteiger charge is -2.11. The zero-order valence-corrected chi connectivity index (χ0v) is 14.2. The summed E-state index contributed by atoms with van der Waals surface area (Å²) in [4.78, 5) is 24.1. The minimum atomic E-state index is -0.782. The topological polar surface area (TPSA) is 98.0 Å². The van der Waals surface area contributed by atoms with Crippen LogP contribution < -0.4 is 15.7 Å². The quantitative estimate of drug-likeness (QED) is 0.695. The number of nitrogens with one attached hydrogen (secondary N) is 1. The predicted octanol–water partition coefficient (Wildman–Crippen LogP) is 3.56. The molecular weight excluding hydrogens is 338 g/mol. The maximum atomic E-state index is 12.1. The van der Waals surface area contributed by atoms with Crippen molar-refractivity contribution in [3.63, 3.8) is 0 Å². The molecule has 0 atom stereocenters. The largest absolute Gasteiger partial charge is 0.507 e. The summed E-state index contributed by atoms with van der Waals surface area (Å²) < 4.78 is 15.5. The van der Waals surface area contributed by atoms with E-state index in [1.807, 2.05) is 30.3 Å². The molecule has 0 radical (unpaired) electrons. The molecule has 1 heterocycles. The summed E-state index contributed by atoms with van der Waals surface area (Å²) in [5.74, 6) is 0.257. The van der Waals surface area contributed by atoms with Crippen LogP contribution in [-0.2, 0) is 11.3 Å². The molecule has 1 amide bonds. The van der Waals surface area contributed by atoms with Crippen LogP contribution in [0.15, 0.2) is 51.7 Å². The Hall–Kier alpha value is -3.48. The van der Waals surface area contributed by atoms with Gasteiger partial charge in [0.1, 0.15) is 29.4 Å².